The van der Waals surface area contributed by atoms with E-state index in [0.717, 1.165) is 31.2 Å². The fourth-order valence-corrected chi connectivity index (χ4v) is 3.86. The molecule has 1 aliphatic heterocycles. The number of hydrogen-bond acceptors (Lipinski definition) is 3. The zero-order chi connectivity index (χ0) is 19.4. The lowest BCUT2D eigenvalue weighted by Gasteiger charge is -2.32. The fourth-order valence-electron chi connectivity index (χ4n) is 3.86. The Morgan fingerprint density at radius 3 is 2.56 bits per heavy atom. The molecule has 1 atom stereocenters. The van der Waals surface area contributed by atoms with Crippen molar-refractivity contribution in [2.75, 3.05) is 19.7 Å². The molecule has 1 aliphatic carbocycles. The zero-order valence-corrected chi connectivity index (χ0v) is 16.2. The molecule has 2 fully saturated rings. The van der Waals surface area contributed by atoms with Crippen LogP contribution in [0.4, 0.5) is 9.18 Å². The first kappa shape index (κ1) is 19.6. The van der Waals surface area contributed by atoms with Crippen LogP contribution in [0.5, 0.6) is 0 Å². The van der Waals surface area contributed by atoms with Crippen LogP contribution in [0.15, 0.2) is 18.2 Å². The summed E-state index contributed by atoms with van der Waals surface area (Å²) in [5, 5.41) is 3.13. The largest absolute Gasteiger partial charge is 0.450 e. The van der Waals surface area contributed by atoms with Gasteiger partial charge < -0.3 is 15.0 Å². The third kappa shape index (κ3) is 5.21. The lowest BCUT2D eigenvalue weighted by atomic mass is 9.89. The number of nitrogens with one attached hydrogen (secondary N) is 1. The lowest BCUT2D eigenvalue weighted by Crippen LogP contribution is -2.46. The van der Waals surface area contributed by atoms with Gasteiger partial charge in [0.25, 0.3) is 0 Å². The van der Waals surface area contributed by atoms with Crippen LogP contribution in [0.1, 0.15) is 56.1 Å². The summed E-state index contributed by atoms with van der Waals surface area (Å²) in [6.45, 7) is 5.14. The number of ether oxygens (including phenoxy) is 1. The summed E-state index contributed by atoms with van der Waals surface area (Å²) in [4.78, 5) is 26.1. The number of benzene rings is 1. The Bertz CT molecular complexity index is 682. The molecule has 1 saturated heterocycles. The maximum atomic E-state index is 13.6. The van der Waals surface area contributed by atoms with Crippen LogP contribution in [0.25, 0.3) is 0 Å². The predicted molar refractivity (Wildman–Crippen MR) is 101 cm³/mol. The average molecular weight is 376 g/mol. The molecule has 1 aromatic carbocycles. The number of likely N-dealkylation sites (tertiary alicyclic amines) is 1. The van der Waals surface area contributed by atoms with Gasteiger partial charge in [0.1, 0.15) is 5.82 Å². The molecule has 1 aromatic rings. The van der Waals surface area contributed by atoms with E-state index in [4.69, 9.17) is 4.74 Å². The van der Waals surface area contributed by atoms with Gasteiger partial charge in [-0.1, -0.05) is 12.1 Å². The topological polar surface area (TPSA) is 58.6 Å². The van der Waals surface area contributed by atoms with Gasteiger partial charge in [-0.05, 0) is 68.6 Å². The van der Waals surface area contributed by atoms with E-state index >= 15 is 0 Å². The molecule has 6 heteroatoms. The van der Waals surface area contributed by atoms with Crippen molar-refractivity contribution in [3.8, 4) is 0 Å². The minimum atomic E-state index is -0.275. The highest BCUT2D eigenvalue weighted by molar-refractivity contribution is 5.77. The van der Waals surface area contributed by atoms with Gasteiger partial charge in [0.2, 0.25) is 5.91 Å². The van der Waals surface area contributed by atoms with Gasteiger partial charge in [-0.2, -0.15) is 0 Å². The molecule has 27 heavy (non-hydrogen) atoms. The number of nitrogens with zero attached hydrogens (tertiary/aromatic N) is 1. The second-order valence-corrected chi connectivity index (χ2v) is 7.68. The van der Waals surface area contributed by atoms with E-state index in [0.29, 0.717) is 37.6 Å². The van der Waals surface area contributed by atoms with E-state index < -0.39 is 0 Å². The Morgan fingerprint density at radius 1 is 1.26 bits per heavy atom. The Hall–Kier alpha value is -2.11. The van der Waals surface area contributed by atoms with Crippen molar-refractivity contribution in [2.45, 2.75) is 57.9 Å². The monoisotopic (exact) mass is 376 g/mol. The fraction of sp³-hybridized carbons (Fsp3) is 0.619. The van der Waals surface area contributed by atoms with Crippen LogP contribution in [0, 0.1) is 18.7 Å². The van der Waals surface area contributed by atoms with Gasteiger partial charge >= 0.3 is 6.09 Å². The quantitative estimate of drug-likeness (QED) is 0.822. The van der Waals surface area contributed by atoms with Crippen LogP contribution < -0.4 is 5.32 Å². The highest BCUT2D eigenvalue weighted by Crippen LogP contribution is 2.44. The number of carbonyl (C=O) groups excluding carboxylic acids is 2. The number of amides is 2. The summed E-state index contributed by atoms with van der Waals surface area (Å²) in [6.07, 6.45) is 3.91. The molecule has 0 bridgehead atoms. The van der Waals surface area contributed by atoms with E-state index in [1.807, 2.05) is 12.1 Å². The summed E-state index contributed by atoms with van der Waals surface area (Å²) in [6, 6.07) is 5.29. The van der Waals surface area contributed by atoms with Gasteiger partial charge in [-0.3, -0.25) is 4.79 Å². The number of carbonyl (C=O) groups is 2. The van der Waals surface area contributed by atoms with E-state index in [-0.39, 0.29) is 29.8 Å². The smallest absolute Gasteiger partial charge is 0.409 e. The number of aryl methyl sites for hydroxylation is 1. The molecule has 0 spiro atoms. The van der Waals surface area contributed by atoms with Crippen molar-refractivity contribution in [2.24, 2.45) is 5.92 Å². The molecule has 148 valence electrons. The first-order valence-corrected chi connectivity index (χ1v) is 9.95. The first-order chi connectivity index (χ1) is 13.0. The maximum absolute atomic E-state index is 13.6. The van der Waals surface area contributed by atoms with Gasteiger partial charge in [-0.15, -0.1) is 0 Å². The average Bonchev–Trinajstić information content (AvgIpc) is 3.48. The summed E-state index contributed by atoms with van der Waals surface area (Å²) in [7, 11) is 0. The standard InChI is InChI=1S/C21H29FN2O3/c1-3-27-21(26)24-10-8-17(9-11-24)23-20(25)13-18(15-4-5-15)16-6-7-19(22)14(2)12-16/h6-7,12,15,17-18H,3-5,8-11,13H2,1-2H3,(H,23,25). The molecule has 1 heterocycles. The number of rotatable bonds is 6. The second kappa shape index (κ2) is 8.72. The van der Waals surface area contributed by atoms with E-state index in [1.54, 1.807) is 18.7 Å². The van der Waals surface area contributed by atoms with Crippen LogP contribution in [-0.4, -0.2) is 42.6 Å². The van der Waals surface area contributed by atoms with Gasteiger partial charge in [0.05, 0.1) is 6.61 Å². The van der Waals surface area contributed by atoms with Crippen molar-refractivity contribution in [1.82, 2.24) is 10.2 Å². The first-order valence-electron chi connectivity index (χ1n) is 9.95. The molecule has 2 aliphatic rings. The summed E-state index contributed by atoms with van der Waals surface area (Å²) >= 11 is 0. The zero-order valence-electron chi connectivity index (χ0n) is 16.2. The van der Waals surface area contributed by atoms with Crippen molar-refractivity contribution in [1.29, 1.82) is 0 Å². The van der Waals surface area contributed by atoms with E-state index in [1.165, 1.54) is 6.07 Å². The van der Waals surface area contributed by atoms with E-state index in [9.17, 15) is 14.0 Å². The Labute approximate surface area is 160 Å². The second-order valence-electron chi connectivity index (χ2n) is 7.68. The predicted octanol–water partition coefficient (Wildman–Crippen LogP) is 3.75. The van der Waals surface area contributed by atoms with Crippen LogP contribution in [0.3, 0.4) is 0 Å². The van der Waals surface area contributed by atoms with E-state index in [2.05, 4.69) is 5.32 Å². The molecule has 5 nitrogen and oxygen atoms in total. The molecule has 0 radical (unpaired) electrons. The highest BCUT2D eigenvalue weighted by atomic mass is 19.1. The molecule has 3 rings (SSSR count). The van der Waals surface area contributed by atoms with Gasteiger partial charge in [0, 0.05) is 25.6 Å². The highest BCUT2D eigenvalue weighted by Gasteiger charge is 2.34. The molecule has 1 N–H and O–H groups in total. The SMILES string of the molecule is CCOC(=O)N1CCC(NC(=O)CC(c2ccc(F)c(C)c2)C2CC2)CC1. The summed E-state index contributed by atoms with van der Waals surface area (Å²) in [5.41, 5.74) is 1.69. The molecular formula is C21H29FN2O3. The maximum Gasteiger partial charge on any atom is 0.409 e. The number of piperidine rings is 1. The lowest BCUT2D eigenvalue weighted by molar-refractivity contribution is -0.122. The van der Waals surface area contributed by atoms with Crippen molar-refractivity contribution < 1.29 is 18.7 Å². The van der Waals surface area contributed by atoms with Crippen molar-refractivity contribution in [3.05, 3.63) is 35.1 Å². The van der Waals surface area contributed by atoms with Crippen LogP contribution in [0.2, 0.25) is 0 Å². The molecule has 1 unspecified atom stereocenters. The van der Waals surface area contributed by atoms with Gasteiger partial charge in [-0.25, -0.2) is 9.18 Å². The summed E-state index contributed by atoms with van der Waals surface area (Å²) < 4.78 is 18.6. The van der Waals surface area contributed by atoms with Gasteiger partial charge in [0.15, 0.2) is 0 Å². The Balaban J connectivity index is 1.52. The normalized spacial score (nSPS) is 18.9. The summed E-state index contributed by atoms with van der Waals surface area (Å²) in [5.74, 6) is 0.518. The van der Waals surface area contributed by atoms with Crippen molar-refractivity contribution >= 4 is 12.0 Å². The third-order valence-electron chi connectivity index (χ3n) is 5.59. The van der Waals surface area contributed by atoms with Crippen molar-refractivity contribution in [3.63, 3.8) is 0 Å². The van der Waals surface area contributed by atoms with Crippen LogP contribution in [-0.2, 0) is 9.53 Å². The molecule has 0 aromatic heterocycles. The Morgan fingerprint density at radius 2 is 1.96 bits per heavy atom. The Kier molecular flexibility index (Phi) is 6.34. The van der Waals surface area contributed by atoms with Crippen LogP contribution >= 0.6 is 0 Å². The molecular weight excluding hydrogens is 347 g/mol. The molecule has 2 amide bonds. The third-order valence-corrected chi connectivity index (χ3v) is 5.59. The minimum absolute atomic E-state index is 0.0449. The number of halogens is 1. The molecule has 1 saturated carbocycles. The minimum Gasteiger partial charge on any atom is -0.450 e. The number of hydrogen-bond donors (Lipinski definition) is 1.